The molecule has 0 saturated heterocycles. The van der Waals surface area contributed by atoms with Crippen LogP contribution in [0.15, 0.2) is 33.8 Å². The van der Waals surface area contributed by atoms with E-state index in [1.807, 2.05) is 0 Å². The minimum absolute atomic E-state index is 0.0602. The third-order valence-corrected chi connectivity index (χ3v) is 3.90. The van der Waals surface area contributed by atoms with E-state index in [2.05, 4.69) is 5.10 Å². The van der Waals surface area contributed by atoms with E-state index >= 15 is 0 Å². The summed E-state index contributed by atoms with van der Waals surface area (Å²) in [5.74, 6) is -6.58. The molecule has 2 rings (SSSR count). The van der Waals surface area contributed by atoms with Gasteiger partial charge in [-0.25, -0.2) is 5.43 Å². The van der Waals surface area contributed by atoms with Crippen LogP contribution in [0.3, 0.4) is 0 Å². The molecule has 158 valence electrons. The topological polar surface area (TPSA) is 80.7 Å². The summed E-state index contributed by atoms with van der Waals surface area (Å²) in [6.45, 7) is 3.16. The summed E-state index contributed by atoms with van der Waals surface area (Å²) in [5, 5.41) is 13.8. The van der Waals surface area contributed by atoms with Crippen LogP contribution in [-0.4, -0.2) is 29.3 Å². The van der Waals surface area contributed by atoms with Gasteiger partial charge in [0.2, 0.25) is 0 Å². The Labute approximate surface area is 158 Å². The maximum Gasteiger partial charge on any atom is 0.462 e. The van der Waals surface area contributed by atoms with Crippen molar-refractivity contribution in [1.29, 1.82) is 0 Å². The second-order valence-corrected chi connectivity index (χ2v) is 5.91. The van der Waals surface area contributed by atoms with Crippen LogP contribution in [0.25, 0.3) is 11.3 Å². The lowest BCUT2D eigenvalue weighted by Gasteiger charge is -2.27. The van der Waals surface area contributed by atoms with Crippen LogP contribution >= 0.6 is 0 Å². The summed E-state index contributed by atoms with van der Waals surface area (Å²) in [5.41, 5.74) is 1.52. The zero-order valence-corrected chi connectivity index (χ0v) is 14.7. The summed E-state index contributed by atoms with van der Waals surface area (Å²) >= 11 is 0. The van der Waals surface area contributed by atoms with Gasteiger partial charge in [-0.3, -0.25) is 10.1 Å². The molecule has 1 aromatic heterocycles. The molecule has 0 aliphatic heterocycles. The SMILES string of the molecule is Cc1cc(-c2ccc(/C=N\NC(F)(F)C(F)(F)C(F)(F)F)o2)cc([N+](=O)[O-])c1C. The van der Waals surface area contributed by atoms with Crippen LogP contribution in [0.4, 0.5) is 36.4 Å². The molecule has 0 fully saturated rings. The number of rotatable bonds is 6. The molecule has 2 aromatic rings. The van der Waals surface area contributed by atoms with E-state index in [0.29, 0.717) is 22.8 Å². The number of nitro benzene ring substituents is 1. The molecule has 0 unspecified atom stereocenters. The molecule has 6 nitrogen and oxygen atoms in total. The van der Waals surface area contributed by atoms with Crippen molar-refractivity contribution < 1.29 is 40.1 Å². The fraction of sp³-hybridized carbons (Fsp3) is 0.312. The maximum absolute atomic E-state index is 13.1. The van der Waals surface area contributed by atoms with Crippen molar-refractivity contribution in [2.24, 2.45) is 5.10 Å². The molecule has 0 radical (unpaired) electrons. The Bertz CT molecular complexity index is 952. The van der Waals surface area contributed by atoms with Gasteiger partial charge >= 0.3 is 18.1 Å². The lowest BCUT2D eigenvalue weighted by atomic mass is 10.0. The van der Waals surface area contributed by atoms with Crippen LogP contribution in [0.2, 0.25) is 0 Å². The Kier molecular flexibility index (Phi) is 5.63. The van der Waals surface area contributed by atoms with Crippen molar-refractivity contribution in [3.63, 3.8) is 0 Å². The zero-order chi connectivity index (χ0) is 22.2. The zero-order valence-electron chi connectivity index (χ0n) is 14.7. The fourth-order valence-corrected chi connectivity index (χ4v) is 2.18. The van der Waals surface area contributed by atoms with Crippen LogP contribution in [0, 0.1) is 24.0 Å². The van der Waals surface area contributed by atoms with E-state index in [1.165, 1.54) is 12.1 Å². The first-order chi connectivity index (χ1) is 13.2. The van der Waals surface area contributed by atoms with E-state index in [9.17, 15) is 40.8 Å². The van der Waals surface area contributed by atoms with Crippen molar-refractivity contribution in [2.45, 2.75) is 32.0 Å². The van der Waals surface area contributed by atoms with Crippen LogP contribution in [-0.2, 0) is 0 Å². The first-order valence-corrected chi connectivity index (χ1v) is 7.66. The van der Waals surface area contributed by atoms with Crippen LogP contribution in [0.5, 0.6) is 0 Å². The van der Waals surface area contributed by atoms with E-state index in [0.717, 1.165) is 6.07 Å². The standard InChI is InChI=1S/C16H12F7N3O3/c1-8-5-10(6-12(9(8)2)26(27)28)13-4-3-11(29-13)7-24-25-16(22,23)14(17,18)15(19,20)21/h3-7,25H,1-2H3/b24-7-. The van der Waals surface area contributed by atoms with Gasteiger partial charge in [0.1, 0.15) is 11.5 Å². The molecule has 0 spiro atoms. The third kappa shape index (κ3) is 4.32. The number of alkyl halides is 7. The molecule has 29 heavy (non-hydrogen) atoms. The van der Waals surface area contributed by atoms with Gasteiger partial charge in [0.25, 0.3) is 5.69 Å². The van der Waals surface area contributed by atoms with Gasteiger partial charge < -0.3 is 4.42 Å². The van der Waals surface area contributed by atoms with Gasteiger partial charge in [0.15, 0.2) is 0 Å². The minimum atomic E-state index is -6.49. The van der Waals surface area contributed by atoms with Gasteiger partial charge in [0, 0.05) is 17.2 Å². The summed E-state index contributed by atoms with van der Waals surface area (Å²) in [6, 6.07) is -0.498. The highest BCUT2D eigenvalue weighted by molar-refractivity contribution is 5.77. The number of benzene rings is 1. The predicted molar refractivity (Wildman–Crippen MR) is 87.0 cm³/mol. The van der Waals surface area contributed by atoms with Crippen molar-refractivity contribution in [3.8, 4) is 11.3 Å². The highest BCUT2D eigenvalue weighted by atomic mass is 19.4. The average Bonchev–Trinajstić information content (AvgIpc) is 3.04. The van der Waals surface area contributed by atoms with Gasteiger partial charge in [-0.1, -0.05) is 0 Å². The normalized spacial score (nSPS) is 13.1. The summed E-state index contributed by atoms with van der Waals surface area (Å²) < 4.78 is 93.0. The Hall–Kier alpha value is -3.12. The molecular formula is C16H12F7N3O3. The molecule has 0 aliphatic rings. The first kappa shape index (κ1) is 22.2. The Morgan fingerprint density at radius 1 is 1.10 bits per heavy atom. The predicted octanol–water partition coefficient (Wildman–Crippen LogP) is 5.19. The number of aryl methyl sites for hydroxylation is 1. The minimum Gasteiger partial charge on any atom is -0.455 e. The van der Waals surface area contributed by atoms with E-state index in [4.69, 9.17) is 4.42 Å². The molecule has 0 atom stereocenters. The number of hydrazone groups is 1. The third-order valence-electron chi connectivity index (χ3n) is 3.90. The molecule has 1 heterocycles. The molecule has 1 aromatic carbocycles. The van der Waals surface area contributed by atoms with Crippen molar-refractivity contribution in [3.05, 3.63) is 51.3 Å². The van der Waals surface area contributed by atoms with E-state index < -0.39 is 23.1 Å². The molecule has 0 aliphatic carbocycles. The molecule has 0 amide bonds. The molecular weight excluding hydrogens is 415 g/mol. The van der Waals surface area contributed by atoms with Gasteiger partial charge in [-0.2, -0.15) is 35.8 Å². The lowest BCUT2D eigenvalue weighted by Crippen LogP contribution is -2.58. The number of furan rings is 1. The first-order valence-electron chi connectivity index (χ1n) is 7.66. The van der Waals surface area contributed by atoms with Crippen molar-refractivity contribution in [2.75, 3.05) is 0 Å². The second kappa shape index (κ2) is 7.37. The number of nitro groups is 1. The summed E-state index contributed by atoms with van der Waals surface area (Å²) in [7, 11) is 0. The van der Waals surface area contributed by atoms with Crippen LogP contribution in [0.1, 0.15) is 16.9 Å². The highest BCUT2D eigenvalue weighted by Crippen LogP contribution is 2.45. The largest absolute Gasteiger partial charge is 0.462 e. The summed E-state index contributed by atoms with van der Waals surface area (Å²) in [6.07, 6.45) is -6.03. The number of halogens is 7. The molecule has 0 saturated carbocycles. The molecule has 1 N–H and O–H groups in total. The second-order valence-electron chi connectivity index (χ2n) is 5.91. The molecule has 13 heteroatoms. The fourth-order valence-electron chi connectivity index (χ4n) is 2.18. The van der Waals surface area contributed by atoms with Crippen molar-refractivity contribution in [1.82, 2.24) is 5.43 Å². The summed E-state index contributed by atoms with van der Waals surface area (Å²) in [4.78, 5) is 10.5. The monoisotopic (exact) mass is 427 g/mol. The quantitative estimate of drug-likeness (QED) is 0.226. The van der Waals surface area contributed by atoms with E-state index in [1.54, 1.807) is 19.9 Å². The van der Waals surface area contributed by atoms with E-state index in [-0.39, 0.29) is 22.8 Å². The number of hydrogen-bond acceptors (Lipinski definition) is 5. The van der Waals surface area contributed by atoms with Gasteiger partial charge in [-0.15, -0.1) is 0 Å². The van der Waals surface area contributed by atoms with Crippen LogP contribution < -0.4 is 5.43 Å². The Morgan fingerprint density at radius 3 is 2.28 bits per heavy atom. The lowest BCUT2D eigenvalue weighted by molar-refractivity contribution is -0.385. The Balaban J connectivity index is 2.23. The van der Waals surface area contributed by atoms with Gasteiger partial charge in [-0.05, 0) is 37.6 Å². The maximum atomic E-state index is 13.1. The average molecular weight is 427 g/mol. The Morgan fingerprint density at radius 2 is 1.72 bits per heavy atom. The van der Waals surface area contributed by atoms with Crippen molar-refractivity contribution >= 4 is 11.9 Å². The number of nitrogens with one attached hydrogen (secondary N) is 1. The smallest absolute Gasteiger partial charge is 0.455 e. The molecule has 0 bridgehead atoms. The highest BCUT2D eigenvalue weighted by Gasteiger charge is 2.73. The number of nitrogens with zero attached hydrogens (tertiary/aromatic N) is 2. The number of hydrogen-bond donors (Lipinski definition) is 1. The van der Waals surface area contributed by atoms with Gasteiger partial charge in [0.05, 0.1) is 11.1 Å².